The lowest BCUT2D eigenvalue weighted by Gasteiger charge is -2.09. The molecule has 0 aliphatic carbocycles. The van der Waals surface area contributed by atoms with Crippen LogP contribution in [0.1, 0.15) is 0 Å². The van der Waals surface area contributed by atoms with Gasteiger partial charge in [0.05, 0.1) is 14.0 Å². The fourth-order valence-electron chi connectivity index (χ4n) is 0.839. The summed E-state index contributed by atoms with van der Waals surface area (Å²) in [6.45, 7) is 0.240. The standard InChI is InChI=1S/C9H5Br3Cl2O/c10-5-1-7(11)9(8(12)2-5)15-4-6(14)3-13/h1-3H,4H2/b6-3-. The van der Waals surface area contributed by atoms with E-state index in [0.717, 1.165) is 13.4 Å². The third kappa shape index (κ3) is 4.27. The lowest BCUT2D eigenvalue weighted by atomic mass is 10.3. The maximum atomic E-state index is 5.72. The zero-order valence-electron chi connectivity index (χ0n) is 7.24. The topological polar surface area (TPSA) is 9.23 Å². The molecule has 0 atom stereocenters. The Morgan fingerprint density at radius 1 is 1.27 bits per heavy atom. The molecule has 0 amide bonds. The van der Waals surface area contributed by atoms with Crippen molar-refractivity contribution in [2.24, 2.45) is 0 Å². The second kappa shape index (κ2) is 6.50. The summed E-state index contributed by atoms with van der Waals surface area (Å²) in [6.07, 6.45) is 0. The Morgan fingerprint density at radius 3 is 2.27 bits per heavy atom. The molecule has 6 heteroatoms. The predicted octanol–water partition coefficient (Wildman–Crippen LogP) is 5.67. The Labute approximate surface area is 123 Å². The largest absolute Gasteiger partial charge is 0.486 e. The van der Waals surface area contributed by atoms with Crippen molar-refractivity contribution >= 4 is 71.0 Å². The van der Waals surface area contributed by atoms with E-state index in [1.165, 1.54) is 5.54 Å². The zero-order valence-corrected chi connectivity index (χ0v) is 13.5. The average molecular weight is 440 g/mol. The number of ether oxygens (including phenoxy) is 1. The predicted molar refractivity (Wildman–Crippen MR) is 74.8 cm³/mol. The summed E-state index contributed by atoms with van der Waals surface area (Å²) >= 11 is 21.3. The van der Waals surface area contributed by atoms with Gasteiger partial charge in [-0.3, -0.25) is 0 Å². The van der Waals surface area contributed by atoms with Gasteiger partial charge >= 0.3 is 0 Å². The van der Waals surface area contributed by atoms with Gasteiger partial charge in [-0.15, -0.1) is 0 Å². The van der Waals surface area contributed by atoms with Crippen molar-refractivity contribution in [3.8, 4) is 5.75 Å². The van der Waals surface area contributed by atoms with Crippen molar-refractivity contribution in [1.82, 2.24) is 0 Å². The number of benzene rings is 1. The number of hydrogen-bond acceptors (Lipinski definition) is 1. The van der Waals surface area contributed by atoms with Gasteiger partial charge in [0.15, 0.2) is 0 Å². The normalized spacial score (nSPS) is 11.7. The molecule has 0 heterocycles. The number of rotatable bonds is 3. The van der Waals surface area contributed by atoms with Crippen LogP contribution < -0.4 is 4.74 Å². The summed E-state index contributed by atoms with van der Waals surface area (Å²) in [5.74, 6) is 0.690. The van der Waals surface area contributed by atoms with Crippen LogP contribution in [0.4, 0.5) is 0 Å². The molecule has 0 aliphatic rings. The second-order valence-corrected chi connectivity index (χ2v) is 5.87. The third-order valence-corrected chi connectivity index (χ3v) is 3.67. The molecule has 0 saturated carbocycles. The first-order chi connectivity index (χ1) is 7.04. The van der Waals surface area contributed by atoms with Gasteiger partial charge in [0.2, 0.25) is 0 Å². The van der Waals surface area contributed by atoms with E-state index in [0.29, 0.717) is 10.8 Å². The monoisotopic (exact) mass is 436 g/mol. The molecule has 0 fully saturated rings. The summed E-state index contributed by atoms with van der Waals surface area (Å²) in [5.41, 5.74) is 1.28. The maximum absolute atomic E-state index is 5.72. The van der Waals surface area contributed by atoms with Crippen LogP contribution in [0.5, 0.6) is 5.75 Å². The van der Waals surface area contributed by atoms with Crippen molar-refractivity contribution < 1.29 is 4.74 Å². The van der Waals surface area contributed by atoms with Gasteiger partial charge in [0.25, 0.3) is 0 Å². The van der Waals surface area contributed by atoms with Gasteiger partial charge in [0.1, 0.15) is 12.4 Å². The zero-order chi connectivity index (χ0) is 11.4. The molecule has 0 unspecified atom stereocenters. The van der Waals surface area contributed by atoms with Crippen LogP contribution in [-0.2, 0) is 0 Å². The van der Waals surface area contributed by atoms with Crippen molar-refractivity contribution in [2.45, 2.75) is 0 Å². The van der Waals surface area contributed by atoms with Crippen molar-refractivity contribution in [3.63, 3.8) is 0 Å². The third-order valence-electron chi connectivity index (χ3n) is 1.44. The van der Waals surface area contributed by atoms with Crippen LogP contribution in [0.25, 0.3) is 0 Å². The maximum Gasteiger partial charge on any atom is 0.148 e. The highest BCUT2D eigenvalue weighted by atomic mass is 79.9. The number of hydrogen-bond donors (Lipinski definition) is 0. The first-order valence-corrected chi connectivity index (χ1v) is 6.96. The second-order valence-electron chi connectivity index (χ2n) is 2.54. The molecule has 82 valence electrons. The molecule has 1 rings (SSSR count). The van der Waals surface area contributed by atoms with E-state index in [2.05, 4.69) is 47.8 Å². The molecule has 1 aromatic rings. The lowest BCUT2D eigenvalue weighted by molar-refractivity contribution is 0.355. The van der Waals surface area contributed by atoms with Crippen LogP contribution in [0.15, 0.2) is 36.1 Å². The molecule has 1 nitrogen and oxygen atoms in total. The van der Waals surface area contributed by atoms with E-state index >= 15 is 0 Å². The molecule has 0 radical (unpaired) electrons. The molecule has 0 aromatic heterocycles. The molecule has 0 spiro atoms. The van der Waals surface area contributed by atoms with E-state index in [1.54, 1.807) is 0 Å². The van der Waals surface area contributed by atoms with Gasteiger partial charge in [-0.25, -0.2) is 0 Å². The SMILES string of the molecule is Cl/C=C(\Cl)COc1c(Br)cc(Br)cc1Br. The van der Waals surface area contributed by atoms with Gasteiger partial charge in [-0.1, -0.05) is 39.1 Å². The van der Waals surface area contributed by atoms with Crippen molar-refractivity contribution in [2.75, 3.05) is 6.61 Å². The summed E-state index contributed by atoms with van der Waals surface area (Å²) < 4.78 is 8.10. The minimum atomic E-state index is 0.240. The van der Waals surface area contributed by atoms with Crippen LogP contribution in [-0.4, -0.2) is 6.61 Å². The van der Waals surface area contributed by atoms with Crippen molar-refractivity contribution in [1.29, 1.82) is 0 Å². The fraction of sp³-hybridized carbons (Fsp3) is 0.111. The van der Waals surface area contributed by atoms with E-state index in [4.69, 9.17) is 27.9 Å². The molecule has 0 aliphatic heterocycles. The van der Waals surface area contributed by atoms with E-state index < -0.39 is 0 Å². The molecular formula is C9H5Br3Cl2O. The molecular weight excluding hydrogens is 435 g/mol. The van der Waals surface area contributed by atoms with Crippen molar-refractivity contribution in [3.05, 3.63) is 36.1 Å². The summed E-state index contributed by atoms with van der Waals surface area (Å²) in [5, 5.41) is 0.443. The van der Waals surface area contributed by atoms with Crippen LogP contribution in [0, 0.1) is 0 Å². The Balaban J connectivity index is 2.86. The van der Waals surface area contributed by atoms with Gasteiger partial charge in [-0.2, -0.15) is 0 Å². The molecule has 0 saturated heterocycles. The minimum absolute atomic E-state index is 0.240. The molecule has 0 bridgehead atoms. The van der Waals surface area contributed by atoms with E-state index in [-0.39, 0.29) is 6.61 Å². The summed E-state index contributed by atoms with van der Waals surface area (Å²) in [7, 11) is 0. The van der Waals surface area contributed by atoms with E-state index in [9.17, 15) is 0 Å². The Kier molecular flexibility index (Phi) is 6.00. The first kappa shape index (κ1) is 13.8. The van der Waals surface area contributed by atoms with Gasteiger partial charge in [0, 0.05) is 10.0 Å². The summed E-state index contributed by atoms with van der Waals surface area (Å²) in [6, 6.07) is 3.77. The first-order valence-electron chi connectivity index (χ1n) is 3.76. The quantitative estimate of drug-likeness (QED) is 0.589. The Morgan fingerprint density at radius 2 is 1.80 bits per heavy atom. The molecule has 15 heavy (non-hydrogen) atoms. The number of halogens is 5. The van der Waals surface area contributed by atoms with Crippen LogP contribution >= 0.6 is 71.0 Å². The fourth-order valence-corrected chi connectivity index (χ4v) is 3.44. The highest BCUT2D eigenvalue weighted by Crippen LogP contribution is 2.36. The Bertz CT molecular complexity index is 370. The van der Waals surface area contributed by atoms with Gasteiger partial charge in [-0.05, 0) is 44.0 Å². The van der Waals surface area contributed by atoms with E-state index in [1.807, 2.05) is 12.1 Å². The molecule has 0 N–H and O–H groups in total. The van der Waals surface area contributed by atoms with Crippen LogP contribution in [0.2, 0.25) is 0 Å². The minimum Gasteiger partial charge on any atom is -0.486 e. The van der Waals surface area contributed by atoms with Crippen LogP contribution in [0.3, 0.4) is 0 Å². The lowest BCUT2D eigenvalue weighted by Crippen LogP contribution is -1.98. The smallest absolute Gasteiger partial charge is 0.148 e. The van der Waals surface area contributed by atoms with Gasteiger partial charge < -0.3 is 4.74 Å². The Hall–Kier alpha value is 0.780. The highest BCUT2D eigenvalue weighted by molar-refractivity contribution is 9.11. The average Bonchev–Trinajstić information content (AvgIpc) is 2.15. The summed E-state index contributed by atoms with van der Waals surface area (Å²) in [4.78, 5) is 0. The highest BCUT2D eigenvalue weighted by Gasteiger charge is 2.08. The molecule has 1 aromatic carbocycles.